The molecular weight excluding hydrogens is 468 g/mol. The second kappa shape index (κ2) is 11.3. The fourth-order valence-corrected chi connectivity index (χ4v) is 7.10. The molecule has 2 heterocycles. The lowest BCUT2D eigenvalue weighted by Crippen LogP contribution is -2.38. The van der Waals surface area contributed by atoms with Crippen LogP contribution in [-0.4, -0.2) is 62.3 Å². The monoisotopic (exact) mass is 496 g/mol. The van der Waals surface area contributed by atoms with Crippen molar-refractivity contribution in [2.24, 2.45) is 0 Å². The third-order valence-corrected chi connectivity index (χ3v) is 9.03. The van der Waals surface area contributed by atoms with Crippen LogP contribution >= 0.6 is 23.1 Å². The van der Waals surface area contributed by atoms with E-state index < -0.39 is 28.5 Å². The Morgan fingerprint density at radius 3 is 2.47 bits per heavy atom. The van der Waals surface area contributed by atoms with Crippen molar-refractivity contribution in [1.82, 2.24) is 9.62 Å². The van der Waals surface area contributed by atoms with E-state index in [9.17, 15) is 18.0 Å². The molecule has 1 aromatic heterocycles. The normalized spacial score (nSPS) is 15.0. The van der Waals surface area contributed by atoms with Gasteiger partial charge in [-0.2, -0.15) is 16.1 Å². The number of nitrogens with zero attached hydrogens (tertiary/aromatic N) is 1. The fraction of sp³-hybridized carbons (Fsp3) is 0.455. The van der Waals surface area contributed by atoms with Crippen LogP contribution in [0.5, 0.6) is 0 Å². The van der Waals surface area contributed by atoms with Gasteiger partial charge in [0, 0.05) is 31.1 Å². The molecule has 1 aliphatic heterocycles. The highest BCUT2D eigenvalue weighted by molar-refractivity contribution is 7.99. The number of amides is 1. The van der Waals surface area contributed by atoms with Gasteiger partial charge in [-0.3, -0.25) is 4.79 Å². The maximum absolute atomic E-state index is 12.9. The summed E-state index contributed by atoms with van der Waals surface area (Å²) < 4.78 is 32.2. The first-order valence-electron chi connectivity index (χ1n) is 10.5. The lowest BCUT2D eigenvalue weighted by atomic mass is 10.0. The molecule has 1 saturated heterocycles. The van der Waals surface area contributed by atoms with Crippen LogP contribution in [0.2, 0.25) is 0 Å². The molecule has 0 unspecified atom stereocenters. The van der Waals surface area contributed by atoms with Gasteiger partial charge in [-0.15, -0.1) is 11.3 Å². The molecule has 0 aliphatic carbocycles. The number of benzene rings is 1. The van der Waals surface area contributed by atoms with Crippen molar-refractivity contribution in [2.75, 3.05) is 37.7 Å². The van der Waals surface area contributed by atoms with Gasteiger partial charge in [0.15, 0.2) is 6.61 Å². The van der Waals surface area contributed by atoms with Crippen LogP contribution in [0, 0.1) is 0 Å². The number of sulfonamides is 1. The van der Waals surface area contributed by atoms with Crippen LogP contribution in [-0.2, 0) is 26.0 Å². The van der Waals surface area contributed by atoms with Crippen molar-refractivity contribution in [3.63, 3.8) is 0 Å². The Balaban J connectivity index is 1.48. The van der Waals surface area contributed by atoms with Gasteiger partial charge in [0.2, 0.25) is 10.0 Å². The van der Waals surface area contributed by atoms with E-state index in [1.54, 1.807) is 17.1 Å². The van der Waals surface area contributed by atoms with Gasteiger partial charge in [-0.05, 0) is 34.9 Å². The molecule has 174 valence electrons. The van der Waals surface area contributed by atoms with Crippen molar-refractivity contribution in [3.8, 4) is 0 Å². The molecule has 2 aromatic rings. The number of hydrogen-bond donors (Lipinski definition) is 1. The molecule has 0 radical (unpaired) electrons. The molecule has 3 rings (SSSR count). The summed E-state index contributed by atoms with van der Waals surface area (Å²) in [6.45, 7) is 5.07. The number of esters is 1. The highest BCUT2D eigenvalue weighted by Gasteiger charge is 2.31. The SMILES string of the molecule is CC(C)c1ccc(CCNC(=O)COC(=O)c2sccc2S(=O)(=O)N2CCSCC2)cc1. The molecule has 1 aliphatic rings. The summed E-state index contributed by atoms with van der Waals surface area (Å²) in [7, 11) is -3.76. The van der Waals surface area contributed by atoms with Gasteiger partial charge in [0.25, 0.3) is 5.91 Å². The number of hydrogen-bond acceptors (Lipinski definition) is 7. The topological polar surface area (TPSA) is 92.8 Å². The zero-order valence-corrected chi connectivity index (χ0v) is 20.7. The Morgan fingerprint density at radius 2 is 1.81 bits per heavy atom. The summed E-state index contributed by atoms with van der Waals surface area (Å²) in [4.78, 5) is 24.5. The van der Waals surface area contributed by atoms with E-state index in [1.807, 2.05) is 12.1 Å². The Hall–Kier alpha value is -1.88. The quantitative estimate of drug-likeness (QED) is 0.536. The molecule has 1 amide bonds. The van der Waals surface area contributed by atoms with Crippen molar-refractivity contribution in [2.45, 2.75) is 31.1 Å². The number of thioether (sulfide) groups is 1. The predicted molar refractivity (Wildman–Crippen MR) is 128 cm³/mol. The minimum atomic E-state index is -3.76. The summed E-state index contributed by atoms with van der Waals surface area (Å²) in [5.74, 6) is 0.697. The first kappa shape index (κ1) is 24.8. The number of nitrogens with one attached hydrogen (secondary N) is 1. The Bertz CT molecular complexity index is 1030. The van der Waals surface area contributed by atoms with Crippen LogP contribution in [0.4, 0.5) is 0 Å². The second-order valence-corrected chi connectivity index (χ2v) is 11.8. The first-order chi connectivity index (χ1) is 15.3. The minimum Gasteiger partial charge on any atom is -0.451 e. The van der Waals surface area contributed by atoms with Gasteiger partial charge >= 0.3 is 5.97 Å². The number of carbonyl (C=O) groups is 2. The van der Waals surface area contributed by atoms with E-state index in [1.165, 1.54) is 15.9 Å². The largest absolute Gasteiger partial charge is 0.451 e. The molecule has 32 heavy (non-hydrogen) atoms. The number of thiophene rings is 1. The molecular formula is C22H28N2O5S3. The summed E-state index contributed by atoms with van der Waals surface area (Å²) in [6, 6.07) is 9.67. The molecule has 0 atom stereocenters. The Kier molecular flexibility index (Phi) is 8.75. The van der Waals surface area contributed by atoms with Crippen LogP contribution < -0.4 is 5.32 Å². The maximum atomic E-state index is 12.9. The number of rotatable bonds is 9. The van der Waals surface area contributed by atoms with E-state index in [0.717, 1.165) is 28.4 Å². The lowest BCUT2D eigenvalue weighted by molar-refractivity contribution is -0.124. The summed E-state index contributed by atoms with van der Waals surface area (Å²) in [5, 5.41) is 4.27. The molecule has 7 nitrogen and oxygen atoms in total. The first-order valence-corrected chi connectivity index (χ1v) is 13.9. The molecule has 0 bridgehead atoms. The van der Waals surface area contributed by atoms with Crippen LogP contribution in [0.3, 0.4) is 0 Å². The molecule has 1 fully saturated rings. The van der Waals surface area contributed by atoms with Gasteiger partial charge in [0.1, 0.15) is 9.77 Å². The second-order valence-electron chi connectivity index (χ2n) is 7.70. The van der Waals surface area contributed by atoms with E-state index in [4.69, 9.17) is 4.74 Å². The van der Waals surface area contributed by atoms with E-state index in [0.29, 0.717) is 32.0 Å². The van der Waals surface area contributed by atoms with Crippen LogP contribution in [0.15, 0.2) is 40.6 Å². The average molecular weight is 497 g/mol. The third kappa shape index (κ3) is 6.34. The lowest BCUT2D eigenvalue weighted by Gasteiger charge is -2.25. The van der Waals surface area contributed by atoms with Crippen molar-refractivity contribution >= 4 is 45.0 Å². The van der Waals surface area contributed by atoms with E-state index >= 15 is 0 Å². The van der Waals surface area contributed by atoms with Gasteiger partial charge in [0.05, 0.1) is 0 Å². The Morgan fingerprint density at radius 1 is 1.12 bits per heavy atom. The number of carbonyl (C=O) groups excluding carboxylic acids is 2. The van der Waals surface area contributed by atoms with Crippen molar-refractivity contribution in [3.05, 3.63) is 51.7 Å². The Labute approximate surface area is 197 Å². The van der Waals surface area contributed by atoms with Crippen LogP contribution in [0.25, 0.3) is 0 Å². The van der Waals surface area contributed by atoms with Gasteiger partial charge < -0.3 is 10.1 Å². The van der Waals surface area contributed by atoms with Gasteiger partial charge in [-0.25, -0.2) is 13.2 Å². The molecule has 1 N–H and O–H groups in total. The number of ether oxygens (including phenoxy) is 1. The molecule has 1 aromatic carbocycles. The van der Waals surface area contributed by atoms with Crippen molar-refractivity contribution in [1.29, 1.82) is 0 Å². The molecule has 0 saturated carbocycles. The summed E-state index contributed by atoms with van der Waals surface area (Å²) >= 11 is 2.70. The van der Waals surface area contributed by atoms with Crippen molar-refractivity contribution < 1.29 is 22.7 Å². The van der Waals surface area contributed by atoms with E-state index in [2.05, 4.69) is 31.3 Å². The highest BCUT2D eigenvalue weighted by Crippen LogP contribution is 2.27. The average Bonchev–Trinajstić information content (AvgIpc) is 3.29. The smallest absolute Gasteiger partial charge is 0.350 e. The van der Waals surface area contributed by atoms with E-state index in [-0.39, 0.29) is 9.77 Å². The standard InChI is InChI=1S/C22H28N2O5S3/c1-16(2)18-5-3-17(4-6-18)7-9-23-20(25)15-29-22(26)21-19(8-12-31-21)32(27,28)24-10-13-30-14-11-24/h3-6,8,12,16H,7,9-11,13-15H2,1-2H3,(H,23,25). The predicted octanol–water partition coefficient (Wildman–Crippen LogP) is 3.12. The maximum Gasteiger partial charge on any atom is 0.350 e. The fourth-order valence-electron chi connectivity index (χ4n) is 3.24. The highest BCUT2D eigenvalue weighted by atomic mass is 32.2. The summed E-state index contributed by atoms with van der Waals surface area (Å²) in [5.41, 5.74) is 2.37. The van der Waals surface area contributed by atoms with Gasteiger partial charge in [-0.1, -0.05) is 38.1 Å². The minimum absolute atomic E-state index is 0.00117. The third-order valence-electron chi connectivity index (χ3n) is 5.12. The molecule has 0 spiro atoms. The van der Waals surface area contributed by atoms with Crippen LogP contribution in [0.1, 0.15) is 40.6 Å². The zero-order chi connectivity index (χ0) is 23.1. The summed E-state index contributed by atoms with van der Waals surface area (Å²) in [6.07, 6.45) is 0.666. The zero-order valence-electron chi connectivity index (χ0n) is 18.2. The molecule has 10 heteroatoms.